The van der Waals surface area contributed by atoms with Gasteiger partial charge in [-0.1, -0.05) is 20.3 Å². The average Bonchev–Trinajstić information content (AvgIpc) is 2.06. The summed E-state index contributed by atoms with van der Waals surface area (Å²) in [5.74, 6) is 0. The summed E-state index contributed by atoms with van der Waals surface area (Å²) < 4.78 is 5.90. The van der Waals surface area contributed by atoms with E-state index in [4.69, 9.17) is 4.43 Å². The molecule has 3 heteroatoms. The first-order valence-electron chi connectivity index (χ1n) is 4.47. The maximum Gasteiger partial charge on any atom is 0.192 e. The number of rotatable bonds is 2. The zero-order valence-corrected chi connectivity index (χ0v) is 8.86. The third kappa shape index (κ3) is 2.58. The Bertz CT molecular complexity index is 96.3. The molecule has 1 saturated heterocycles. The lowest BCUT2D eigenvalue weighted by Crippen LogP contribution is -2.39. The quantitative estimate of drug-likeness (QED) is 0.656. The first kappa shape index (κ1) is 11.1. The van der Waals surface area contributed by atoms with Crippen LogP contribution >= 0.6 is 0 Å². The van der Waals surface area contributed by atoms with E-state index in [9.17, 15) is 0 Å². The molecule has 0 atom stereocenters. The Hall–Kier alpha value is 0.137. The molecule has 1 fully saturated rings. The molecule has 68 valence electrons. The first-order valence-corrected chi connectivity index (χ1v) is 7.00. The summed E-state index contributed by atoms with van der Waals surface area (Å²) in [5.41, 5.74) is 0. The minimum absolute atomic E-state index is 0. The molecule has 0 amide bonds. The van der Waals surface area contributed by atoms with Crippen molar-refractivity contribution in [3.63, 3.8) is 0 Å². The SMILES string of the molecule is CC[Si]1(CC)CCCCO1.N. The van der Waals surface area contributed by atoms with Crippen LogP contribution in [0, 0.1) is 0 Å². The summed E-state index contributed by atoms with van der Waals surface area (Å²) in [4.78, 5) is 0. The van der Waals surface area contributed by atoms with E-state index >= 15 is 0 Å². The van der Waals surface area contributed by atoms with E-state index in [1.54, 1.807) is 0 Å². The first-order chi connectivity index (χ1) is 4.83. The van der Waals surface area contributed by atoms with Gasteiger partial charge in [-0.25, -0.2) is 0 Å². The molecule has 1 rings (SSSR count). The lowest BCUT2D eigenvalue weighted by Gasteiger charge is -2.33. The van der Waals surface area contributed by atoms with Crippen LogP contribution in [0.1, 0.15) is 26.7 Å². The van der Waals surface area contributed by atoms with Crippen molar-refractivity contribution in [2.24, 2.45) is 0 Å². The summed E-state index contributed by atoms with van der Waals surface area (Å²) in [7, 11) is -1.13. The number of hydrogen-bond acceptors (Lipinski definition) is 2. The molecule has 0 radical (unpaired) electrons. The molecule has 0 saturated carbocycles. The molecule has 1 heterocycles. The predicted molar refractivity (Wildman–Crippen MR) is 51.7 cm³/mol. The third-order valence-electron chi connectivity index (χ3n) is 2.72. The van der Waals surface area contributed by atoms with Crippen LogP contribution < -0.4 is 6.15 Å². The highest BCUT2D eigenvalue weighted by atomic mass is 28.4. The van der Waals surface area contributed by atoms with Gasteiger partial charge in [0.1, 0.15) is 0 Å². The van der Waals surface area contributed by atoms with Gasteiger partial charge in [-0.05, 0) is 24.6 Å². The molecule has 0 aromatic carbocycles. The topological polar surface area (TPSA) is 44.2 Å². The van der Waals surface area contributed by atoms with Gasteiger partial charge in [-0.3, -0.25) is 0 Å². The van der Waals surface area contributed by atoms with E-state index in [0.29, 0.717) is 0 Å². The van der Waals surface area contributed by atoms with Gasteiger partial charge >= 0.3 is 0 Å². The van der Waals surface area contributed by atoms with Gasteiger partial charge in [0.25, 0.3) is 0 Å². The van der Waals surface area contributed by atoms with Crippen LogP contribution in [-0.2, 0) is 4.43 Å². The molecule has 0 aromatic heterocycles. The Labute approximate surface area is 71.0 Å². The number of hydrogen-bond donors (Lipinski definition) is 1. The summed E-state index contributed by atoms with van der Waals surface area (Å²) >= 11 is 0. The van der Waals surface area contributed by atoms with Gasteiger partial charge < -0.3 is 10.6 Å². The fraction of sp³-hybridized carbons (Fsp3) is 1.00. The molecule has 1 aliphatic rings. The van der Waals surface area contributed by atoms with Crippen LogP contribution in [0.25, 0.3) is 0 Å². The van der Waals surface area contributed by atoms with E-state index in [0.717, 1.165) is 6.61 Å². The van der Waals surface area contributed by atoms with Gasteiger partial charge in [-0.15, -0.1) is 0 Å². The normalized spacial score (nSPS) is 22.4. The molecule has 0 spiro atoms. The highest BCUT2D eigenvalue weighted by molar-refractivity contribution is 6.73. The van der Waals surface area contributed by atoms with Crippen LogP contribution in [0.5, 0.6) is 0 Å². The summed E-state index contributed by atoms with van der Waals surface area (Å²) in [6, 6.07) is 4.06. The van der Waals surface area contributed by atoms with Crippen molar-refractivity contribution in [1.82, 2.24) is 6.15 Å². The molecular weight excluding hydrogens is 154 g/mol. The maximum absolute atomic E-state index is 5.90. The second-order valence-electron chi connectivity index (χ2n) is 3.20. The molecule has 0 bridgehead atoms. The lowest BCUT2D eigenvalue weighted by atomic mass is 10.4. The fourth-order valence-corrected chi connectivity index (χ4v) is 4.95. The smallest absolute Gasteiger partial charge is 0.192 e. The second kappa shape index (κ2) is 4.90. The molecule has 0 aliphatic carbocycles. The zero-order valence-electron chi connectivity index (χ0n) is 7.86. The van der Waals surface area contributed by atoms with Gasteiger partial charge in [0.15, 0.2) is 8.32 Å². The van der Waals surface area contributed by atoms with Crippen molar-refractivity contribution >= 4 is 8.32 Å². The lowest BCUT2D eigenvalue weighted by molar-refractivity contribution is 0.267. The Morgan fingerprint density at radius 1 is 1.18 bits per heavy atom. The second-order valence-corrected chi connectivity index (χ2v) is 7.76. The zero-order chi connectivity index (χ0) is 7.45. The van der Waals surface area contributed by atoms with Crippen LogP contribution in [0.4, 0.5) is 0 Å². The Balaban J connectivity index is 0.000001000. The minimum atomic E-state index is -1.13. The van der Waals surface area contributed by atoms with Crippen molar-refractivity contribution in [3.05, 3.63) is 0 Å². The van der Waals surface area contributed by atoms with Crippen LogP contribution in [0.15, 0.2) is 0 Å². The Morgan fingerprint density at radius 3 is 2.09 bits per heavy atom. The van der Waals surface area contributed by atoms with Crippen molar-refractivity contribution in [3.8, 4) is 0 Å². The molecule has 0 unspecified atom stereocenters. The molecule has 11 heavy (non-hydrogen) atoms. The Kier molecular flexibility index (Phi) is 4.96. The van der Waals surface area contributed by atoms with Crippen molar-refractivity contribution in [2.45, 2.75) is 44.8 Å². The highest BCUT2D eigenvalue weighted by Crippen LogP contribution is 2.28. The van der Waals surface area contributed by atoms with E-state index in [1.807, 2.05) is 0 Å². The van der Waals surface area contributed by atoms with Crippen LogP contribution in [-0.4, -0.2) is 14.9 Å². The van der Waals surface area contributed by atoms with Gasteiger partial charge in [0, 0.05) is 6.61 Å². The van der Waals surface area contributed by atoms with Crippen molar-refractivity contribution in [1.29, 1.82) is 0 Å². The Morgan fingerprint density at radius 2 is 1.82 bits per heavy atom. The van der Waals surface area contributed by atoms with Gasteiger partial charge in [0.05, 0.1) is 0 Å². The van der Waals surface area contributed by atoms with Crippen molar-refractivity contribution < 1.29 is 4.43 Å². The fourth-order valence-electron chi connectivity index (χ4n) is 1.72. The van der Waals surface area contributed by atoms with E-state index in [-0.39, 0.29) is 6.15 Å². The van der Waals surface area contributed by atoms with E-state index in [2.05, 4.69) is 13.8 Å². The summed E-state index contributed by atoms with van der Waals surface area (Å²) in [6.45, 7) is 5.63. The van der Waals surface area contributed by atoms with Gasteiger partial charge in [0.2, 0.25) is 0 Å². The summed E-state index contributed by atoms with van der Waals surface area (Å²) in [5, 5.41) is 0. The van der Waals surface area contributed by atoms with Crippen molar-refractivity contribution in [2.75, 3.05) is 6.61 Å². The maximum atomic E-state index is 5.90. The molecule has 3 N–H and O–H groups in total. The largest absolute Gasteiger partial charge is 0.417 e. The molecule has 2 nitrogen and oxygen atoms in total. The minimum Gasteiger partial charge on any atom is -0.417 e. The van der Waals surface area contributed by atoms with E-state index < -0.39 is 8.32 Å². The van der Waals surface area contributed by atoms with Crippen LogP contribution in [0.2, 0.25) is 18.1 Å². The predicted octanol–water partition coefficient (Wildman–Crippen LogP) is 2.94. The monoisotopic (exact) mass is 175 g/mol. The van der Waals surface area contributed by atoms with Crippen LogP contribution in [0.3, 0.4) is 0 Å². The standard InChI is InChI=1S/C8H18OSi.H3N/c1-3-10(4-2)8-6-5-7-9-10;/h3-8H2,1-2H3;1H3. The molecular formula is C8H21NOSi. The van der Waals surface area contributed by atoms with E-state index in [1.165, 1.54) is 31.0 Å². The summed E-state index contributed by atoms with van der Waals surface area (Å²) in [6.07, 6.45) is 2.72. The molecule has 1 aliphatic heterocycles. The molecule has 0 aromatic rings. The third-order valence-corrected chi connectivity index (χ3v) is 7.38. The average molecular weight is 175 g/mol. The highest BCUT2D eigenvalue weighted by Gasteiger charge is 2.32. The van der Waals surface area contributed by atoms with Gasteiger partial charge in [-0.2, -0.15) is 0 Å².